The SMILES string of the molecule is [2H]c1c([2H])c(-c2c([2H])c([2H])c3c4c([2H])c([2H])c([2H])c([2H])c4c4c([2H])c([2H])c([2H])c([2H])c4c3c2[2H])c([2H])c([2H])c1-c1nc(-c2ccc(-c3ccccc3)cc2)nc(-c2ccc(-c3ccccc3)cc2)n1. The number of benzene rings is 9. The lowest BCUT2D eigenvalue weighted by Gasteiger charge is -2.12. The van der Waals surface area contributed by atoms with Gasteiger partial charge in [-0.25, -0.2) is 15.0 Å². The minimum Gasteiger partial charge on any atom is -0.208 e. The first-order valence-corrected chi connectivity index (χ1v) is 17.1. The molecule has 3 heteroatoms. The van der Waals surface area contributed by atoms with Crippen molar-refractivity contribution in [2.45, 2.75) is 0 Å². The zero-order valence-electron chi connectivity index (χ0n) is 43.2. The third kappa shape index (κ3) is 5.78. The van der Waals surface area contributed by atoms with E-state index in [1.54, 1.807) is 0 Å². The molecule has 252 valence electrons. The van der Waals surface area contributed by atoms with Crippen LogP contribution in [0, 0.1) is 0 Å². The van der Waals surface area contributed by atoms with Crippen molar-refractivity contribution in [1.82, 2.24) is 15.0 Å². The summed E-state index contributed by atoms with van der Waals surface area (Å²) in [4.78, 5) is 14.3. The van der Waals surface area contributed by atoms with Crippen molar-refractivity contribution in [1.29, 1.82) is 0 Å². The first-order chi connectivity index (χ1) is 33.0. The van der Waals surface area contributed by atoms with Crippen molar-refractivity contribution >= 4 is 32.3 Å². The monoisotopic (exact) mass is 702 g/mol. The Morgan fingerprint density at radius 3 is 1.06 bits per heavy atom. The molecule has 54 heavy (non-hydrogen) atoms. The summed E-state index contributed by atoms with van der Waals surface area (Å²) >= 11 is 0. The van der Waals surface area contributed by atoms with E-state index in [1.807, 2.05) is 109 Å². The second-order valence-corrected chi connectivity index (χ2v) is 12.4. The molecule has 1 heterocycles. The Hall–Kier alpha value is -7.23. The van der Waals surface area contributed by atoms with Gasteiger partial charge in [-0.15, -0.1) is 0 Å². The molecule has 0 spiro atoms. The average molecular weight is 703 g/mol. The number of nitrogens with zero attached hydrogens (tertiary/aromatic N) is 3. The Morgan fingerprint density at radius 1 is 0.259 bits per heavy atom. The van der Waals surface area contributed by atoms with Crippen LogP contribution in [0.4, 0.5) is 0 Å². The highest BCUT2D eigenvalue weighted by atomic mass is 15.0. The molecule has 0 amide bonds. The fraction of sp³-hybridized carbons (Fsp3) is 0. The molecule has 0 saturated carbocycles. The van der Waals surface area contributed by atoms with Crippen LogP contribution in [0.25, 0.3) is 99.9 Å². The molecule has 0 fully saturated rings. The fourth-order valence-electron chi connectivity index (χ4n) is 6.46. The maximum Gasteiger partial charge on any atom is 0.164 e. The van der Waals surface area contributed by atoms with Gasteiger partial charge in [0, 0.05) is 16.7 Å². The van der Waals surface area contributed by atoms with Crippen molar-refractivity contribution < 1.29 is 20.6 Å². The molecule has 0 radical (unpaired) electrons. The van der Waals surface area contributed by atoms with Gasteiger partial charge in [-0.2, -0.15) is 0 Å². The summed E-state index contributed by atoms with van der Waals surface area (Å²) in [6, 6.07) is 23.8. The lowest BCUT2D eigenvalue weighted by molar-refractivity contribution is 1.07. The van der Waals surface area contributed by atoms with E-state index in [4.69, 9.17) is 25.9 Å². The molecule has 3 nitrogen and oxygen atoms in total. The molecular weight excluding hydrogens is 655 g/mol. The molecule has 0 aliphatic rings. The topological polar surface area (TPSA) is 38.7 Å². The van der Waals surface area contributed by atoms with Gasteiger partial charge in [0.2, 0.25) is 0 Å². The van der Waals surface area contributed by atoms with E-state index in [1.165, 1.54) is 0 Å². The van der Waals surface area contributed by atoms with Crippen molar-refractivity contribution in [2.75, 3.05) is 0 Å². The van der Waals surface area contributed by atoms with Crippen LogP contribution in [-0.2, 0) is 0 Å². The van der Waals surface area contributed by atoms with Gasteiger partial charge in [0.05, 0.1) is 20.6 Å². The predicted molar refractivity (Wildman–Crippen MR) is 225 cm³/mol. The molecule has 0 unspecified atom stereocenters. The summed E-state index contributed by atoms with van der Waals surface area (Å²) in [5.41, 5.74) is 3.49. The number of hydrogen-bond donors (Lipinski definition) is 0. The Kier molecular flexibility index (Phi) is 4.85. The van der Waals surface area contributed by atoms with Crippen LogP contribution in [0.2, 0.25) is 0 Å². The number of rotatable bonds is 6. The highest BCUT2D eigenvalue weighted by Gasteiger charge is 2.14. The van der Waals surface area contributed by atoms with Gasteiger partial charge in [-0.3, -0.25) is 0 Å². The molecule has 0 aliphatic heterocycles. The first-order valence-electron chi connectivity index (χ1n) is 24.6. The van der Waals surface area contributed by atoms with Crippen LogP contribution in [0.3, 0.4) is 0 Å². The van der Waals surface area contributed by atoms with Gasteiger partial charge in [-0.1, -0.05) is 194 Å². The molecule has 9 aromatic carbocycles. The summed E-state index contributed by atoms with van der Waals surface area (Å²) in [6.45, 7) is 0. The predicted octanol–water partition coefficient (Wildman–Crippen LogP) is 13.3. The molecule has 0 N–H and O–H groups in total. The Labute approximate surface area is 335 Å². The third-order valence-corrected chi connectivity index (χ3v) is 9.17. The van der Waals surface area contributed by atoms with Gasteiger partial charge in [0.15, 0.2) is 17.5 Å². The molecule has 0 atom stereocenters. The second kappa shape index (κ2) is 13.4. The van der Waals surface area contributed by atoms with Crippen molar-refractivity contribution in [3.8, 4) is 67.5 Å². The summed E-state index contributed by atoms with van der Waals surface area (Å²) < 4.78 is 135. The van der Waals surface area contributed by atoms with Gasteiger partial charge < -0.3 is 0 Å². The van der Waals surface area contributed by atoms with Gasteiger partial charge in [0.25, 0.3) is 0 Å². The van der Waals surface area contributed by atoms with E-state index in [9.17, 15) is 9.60 Å². The largest absolute Gasteiger partial charge is 0.208 e. The first kappa shape index (κ1) is 19.6. The summed E-state index contributed by atoms with van der Waals surface area (Å²) in [5.74, 6) is 0.122. The van der Waals surface area contributed by atoms with E-state index in [0.29, 0.717) is 11.1 Å². The Bertz CT molecular complexity index is 3640. The minimum absolute atomic E-state index is 0.166. The van der Waals surface area contributed by atoms with E-state index in [0.717, 1.165) is 22.3 Å². The van der Waals surface area contributed by atoms with E-state index in [2.05, 4.69) is 0 Å². The van der Waals surface area contributed by atoms with E-state index in [-0.39, 0.29) is 50.0 Å². The van der Waals surface area contributed by atoms with E-state index >= 15 is 0 Å². The van der Waals surface area contributed by atoms with Crippen LogP contribution in [0.5, 0.6) is 0 Å². The minimum atomic E-state index is -0.780. The fourth-order valence-corrected chi connectivity index (χ4v) is 6.46. The second-order valence-electron chi connectivity index (χ2n) is 12.4. The third-order valence-electron chi connectivity index (χ3n) is 9.17. The Morgan fingerprint density at radius 2 is 0.593 bits per heavy atom. The van der Waals surface area contributed by atoms with Crippen molar-refractivity contribution in [3.63, 3.8) is 0 Å². The number of fused-ring (bicyclic) bond motifs is 6. The smallest absolute Gasteiger partial charge is 0.164 e. The summed E-state index contributed by atoms with van der Waals surface area (Å²) in [5, 5.41) is -2.19. The van der Waals surface area contributed by atoms with E-state index < -0.39 is 107 Å². The summed E-state index contributed by atoms with van der Waals surface area (Å²) in [6.07, 6.45) is 0. The molecule has 10 aromatic rings. The zero-order valence-corrected chi connectivity index (χ0v) is 28.2. The highest BCUT2D eigenvalue weighted by Crippen LogP contribution is 2.37. The Balaban J connectivity index is 1.22. The summed E-state index contributed by atoms with van der Waals surface area (Å²) in [7, 11) is 0. The lowest BCUT2D eigenvalue weighted by Crippen LogP contribution is -2.00. The maximum absolute atomic E-state index is 9.65. The molecule has 0 bridgehead atoms. The number of hydrogen-bond acceptors (Lipinski definition) is 3. The zero-order chi connectivity index (χ0) is 48.9. The standard InChI is InChI=1S/C51H33N3/c1-3-11-34(12-4-1)36-19-25-39(26-20-36)49-52-50(40-27-21-37(22-28-40)35-13-5-2-6-14-35)54-51(53-49)41-29-23-38(24-30-41)42-31-32-47-45-17-8-7-15-43(45)44-16-9-10-18-46(44)48(47)33-42/h1-33H/i7D,8D,9D,10D,15D,16D,17D,18D,23D,24D,29D,30D,31D,32D,33D. The average Bonchev–Trinajstić information content (AvgIpc) is 3.37. The molecule has 0 aliphatic carbocycles. The molecular formula is C51H33N3. The molecule has 1 aromatic heterocycles. The van der Waals surface area contributed by atoms with Crippen molar-refractivity contribution in [3.05, 3.63) is 200 Å². The van der Waals surface area contributed by atoms with Gasteiger partial charge in [0.1, 0.15) is 0 Å². The van der Waals surface area contributed by atoms with Crippen LogP contribution in [0.1, 0.15) is 20.6 Å². The molecule has 0 saturated heterocycles. The van der Waals surface area contributed by atoms with Crippen LogP contribution >= 0.6 is 0 Å². The number of aromatic nitrogens is 3. The lowest BCUT2D eigenvalue weighted by atomic mass is 9.92. The van der Waals surface area contributed by atoms with Crippen molar-refractivity contribution in [2.24, 2.45) is 0 Å². The highest BCUT2D eigenvalue weighted by molar-refractivity contribution is 6.25. The normalized spacial score (nSPS) is 15.2. The maximum atomic E-state index is 9.65. The van der Waals surface area contributed by atoms with Gasteiger partial charge >= 0.3 is 0 Å². The molecule has 10 rings (SSSR count). The van der Waals surface area contributed by atoms with Crippen LogP contribution in [0.15, 0.2) is 200 Å². The van der Waals surface area contributed by atoms with Gasteiger partial charge in [-0.05, 0) is 71.7 Å². The van der Waals surface area contributed by atoms with Crippen LogP contribution in [-0.4, -0.2) is 15.0 Å². The van der Waals surface area contributed by atoms with Crippen LogP contribution < -0.4 is 0 Å². The quantitative estimate of drug-likeness (QED) is 0.162.